The van der Waals surface area contributed by atoms with Crippen molar-refractivity contribution in [2.24, 2.45) is 5.92 Å². The fraction of sp³-hybridized carbons (Fsp3) is 0.462. The van der Waals surface area contributed by atoms with Gasteiger partial charge < -0.3 is 9.47 Å². The van der Waals surface area contributed by atoms with E-state index in [0.717, 1.165) is 12.8 Å². The van der Waals surface area contributed by atoms with Crippen LogP contribution in [0.25, 0.3) is 0 Å². The minimum atomic E-state index is -0.340. The zero-order valence-electron chi connectivity index (χ0n) is 18.8. The number of rotatable bonds is 10. The topological polar surface area (TPSA) is 52.6 Å². The Morgan fingerprint density at radius 1 is 0.667 bits per heavy atom. The number of ether oxygens (including phenoxy) is 2. The lowest BCUT2D eigenvalue weighted by Crippen LogP contribution is -2.35. The molecule has 2 aromatic rings. The molecule has 0 heterocycles. The average Bonchev–Trinajstić information content (AvgIpc) is 2.80. The molecule has 0 aliphatic carbocycles. The number of carbonyl (C=O) groups excluding carboxylic acids is 2. The summed E-state index contributed by atoms with van der Waals surface area (Å²) in [6.45, 7) is 10.1. The zero-order valence-corrected chi connectivity index (χ0v) is 18.8. The zero-order chi connectivity index (χ0) is 22.1. The average molecular weight is 411 g/mol. The van der Waals surface area contributed by atoms with E-state index in [1.165, 1.54) is 11.1 Å². The molecule has 2 rings (SSSR count). The largest absolute Gasteiger partial charge is 0.458 e. The van der Waals surface area contributed by atoms with Crippen LogP contribution >= 0.6 is 0 Å². The normalized spacial score (nSPS) is 13.9. The van der Waals surface area contributed by atoms with Gasteiger partial charge in [-0.1, -0.05) is 58.9 Å². The van der Waals surface area contributed by atoms with Gasteiger partial charge in [0.05, 0.1) is 11.1 Å². The Bertz CT molecular complexity index is 738. The SMILES string of the molecule is CCc1ccc(C(=O)OC(CC)C(C)C(CC)OC(=O)c2ccc(CC)cc2)cc1. The number of esters is 2. The molecule has 4 heteroatoms. The van der Waals surface area contributed by atoms with Gasteiger partial charge in [0.15, 0.2) is 0 Å². The van der Waals surface area contributed by atoms with Crippen molar-refractivity contribution >= 4 is 11.9 Å². The van der Waals surface area contributed by atoms with Gasteiger partial charge in [-0.3, -0.25) is 0 Å². The molecular formula is C26H34O4. The molecule has 162 valence electrons. The van der Waals surface area contributed by atoms with Crippen molar-refractivity contribution in [2.75, 3.05) is 0 Å². The minimum Gasteiger partial charge on any atom is -0.458 e. The van der Waals surface area contributed by atoms with Crippen molar-refractivity contribution in [1.29, 1.82) is 0 Å². The Labute approximate surface area is 180 Å². The van der Waals surface area contributed by atoms with E-state index in [-0.39, 0.29) is 30.1 Å². The quantitative estimate of drug-likeness (QED) is 0.450. The number of hydrogen-bond donors (Lipinski definition) is 0. The summed E-state index contributed by atoms with van der Waals surface area (Å²) in [6.07, 6.45) is 2.49. The Morgan fingerprint density at radius 3 is 1.27 bits per heavy atom. The molecule has 0 saturated heterocycles. The standard InChI is InChI=1S/C26H34O4/c1-6-19-10-14-21(15-11-19)25(27)29-23(8-3)18(5)24(9-4)30-26(28)22-16-12-20(7-2)13-17-22/h10-18,23-24H,6-9H2,1-5H3. The predicted molar refractivity (Wildman–Crippen MR) is 120 cm³/mol. The van der Waals surface area contributed by atoms with E-state index in [1.54, 1.807) is 24.3 Å². The Kier molecular flexibility index (Phi) is 9.10. The molecule has 2 aromatic carbocycles. The van der Waals surface area contributed by atoms with Crippen molar-refractivity contribution in [1.82, 2.24) is 0 Å². The predicted octanol–water partition coefficient (Wildman–Crippen LogP) is 6.02. The monoisotopic (exact) mass is 410 g/mol. The molecule has 2 unspecified atom stereocenters. The van der Waals surface area contributed by atoms with Crippen LogP contribution in [0.4, 0.5) is 0 Å². The number of hydrogen-bond acceptors (Lipinski definition) is 4. The summed E-state index contributed by atoms with van der Waals surface area (Å²) >= 11 is 0. The van der Waals surface area contributed by atoms with Gasteiger partial charge in [0.2, 0.25) is 0 Å². The summed E-state index contributed by atoms with van der Waals surface area (Å²) in [5.74, 6) is -0.793. The summed E-state index contributed by atoms with van der Waals surface area (Å²) in [4.78, 5) is 25.2. The first-order valence-corrected chi connectivity index (χ1v) is 11.0. The third-order valence-corrected chi connectivity index (χ3v) is 5.69. The van der Waals surface area contributed by atoms with Gasteiger partial charge in [-0.2, -0.15) is 0 Å². The van der Waals surface area contributed by atoms with Gasteiger partial charge in [0.25, 0.3) is 0 Å². The molecule has 0 saturated carbocycles. The lowest BCUT2D eigenvalue weighted by molar-refractivity contribution is -0.0299. The first-order valence-electron chi connectivity index (χ1n) is 11.0. The molecule has 4 nitrogen and oxygen atoms in total. The number of benzene rings is 2. The van der Waals surface area contributed by atoms with Crippen LogP contribution in [-0.4, -0.2) is 24.1 Å². The van der Waals surface area contributed by atoms with Gasteiger partial charge in [-0.25, -0.2) is 9.59 Å². The number of aryl methyl sites for hydroxylation is 2. The molecule has 0 amide bonds. The van der Waals surface area contributed by atoms with Crippen molar-refractivity contribution in [2.45, 2.75) is 72.5 Å². The van der Waals surface area contributed by atoms with E-state index in [2.05, 4.69) is 13.8 Å². The smallest absolute Gasteiger partial charge is 0.338 e. The van der Waals surface area contributed by atoms with Crippen molar-refractivity contribution in [3.05, 3.63) is 70.8 Å². The van der Waals surface area contributed by atoms with Crippen LogP contribution < -0.4 is 0 Å². The maximum Gasteiger partial charge on any atom is 0.338 e. The molecule has 0 spiro atoms. The van der Waals surface area contributed by atoms with Crippen LogP contribution in [0, 0.1) is 5.92 Å². The van der Waals surface area contributed by atoms with Crippen LogP contribution in [-0.2, 0) is 22.3 Å². The highest BCUT2D eigenvalue weighted by Gasteiger charge is 2.30. The number of carbonyl (C=O) groups is 2. The molecule has 0 aliphatic heterocycles. The molecule has 0 aliphatic rings. The molecule has 2 atom stereocenters. The molecule has 0 fully saturated rings. The van der Waals surface area contributed by atoms with Crippen LogP contribution in [0.1, 0.15) is 79.3 Å². The van der Waals surface area contributed by atoms with Gasteiger partial charge in [-0.15, -0.1) is 0 Å². The fourth-order valence-electron chi connectivity index (χ4n) is 3.53. The van der Waals surface area contributed by atoms with Gasteiger partial charge >= 0.3 is 11.9 Å². The first kappa shape index (κ1) is 23.7. The van der Waals surface area contributed by atoms with E-state index in [0.29, 0.717) is 24.0 Å². The second kappa shape index (κ2) is 11.5. The molecule has 0 aromatic heterocycles. The summed E-state index contributed by atoms with van der Waals surface area (Å²) in [5.41, 5.74) is 3.44. The molecular weight excluding hydrogens is 376 g/mol. The third kappa shape index (κ3) is 6.19. The van der Waals surface area contributed by atoms with Gasteiger partial charge in [0, 0.05) is 5.92 Å². The molecule has 0 N–H and O–H groups in total. The van der Waals surface area contributed by atoms with E-state index < -0.39 is 0 Å². The lowest BCUT2D eigenvalue weighted by atomic mass is 9.94. The van der Waals surface area contributed by atoms with Crippen molar-refractivity contribution < 1.29 is 19.1 Å². The van der Waals surface area contributed by atoms with E-state index >= 15 is 0 Å². The van der Waals surface area contributed by atoms with E-state index in [9.17, 15) is 9.59 Å². The third-order valence-electron chi connectivity index (χ3n) is 5.69. The van der Waals surface area contributed by atoms with Crippen molar-refractivity contribution in [3.8, 4) is 0 Å². The summed E-state index contributed by atoms with van der Waals surface area (Å²) in [7, 11) is 0. The van der Waals surface area contributed by atoms with Crippen LogP contribution in [0.15, 0.2) is 48.5 Å². The van der Waals surface area contributed by atoms with Crippen LogP contribution in [0.5, 0.6) is 0 Å². The molecule has 0 radical (unpaired) electrons. The Hall–Kier alpha value is -2.62. The second-order valence-electron chi connectivity index (χ2n) is 7.66. The molecule has 0 bridgehead atoms. The summed E-state index contributed by atoms with van der Waals surface area (Å²) < 4.78 is 11.6. The van der Waals surface area contributed by atoms with Gasteiger partial charge in [-0.05, 0) is 61.1 Å². The molecule has 30 heavy (non-hydrogen) atoms. The van der Waals surface area contributed by atoms with Crippen LogP contribution in [0.3, 0.4) is 0 Å². The summed E-state index contributed by atoms with van der Waals surface area (Å²) in [6, 6.07) is 15.0. The Morgan fingerprint density at radius 2 is 1.00 bits per heavy atom. The van der Waals surface area contributed by atoms with E-state index in [1.807, 2.05) is 45.0 Å². The fourth-order valence-corrected chi connectivity index (χ4v) is 3.53. The summed E-state index contributed by atoms with van der Waals surface area (Å²) in [5, 5.41) is 0. The first-order chi connectivity index (χ1) is 14.4. The Balaban J connectivity index is 2.03. The maximum atomic E-state index is 12.6. The lowest BCUT2D eigenvalue weighted by Gasteiger charge is -2.29. The highest BCUT2D eigenvalue weighted by Crippen LogP contribution is 2.23. The minimum absolute atomic E-state index is 0.113. The second-order valence-corrected chi connectivity index (χ2v) is 7.66. The highest BCUT2D eigenvalue weighted by molar-refractivity contribution is 5.90. The maximum absolute atomic E-state index is 12.6. The van der Waals surface area contributed by atoms with Crippen LogP contribution in [0.2, 0.25) is 0 Å². The van der Waals surface area contributed by atoms with Gasteiger partial charge in [0.1, 0.15) is 12.2 Å². The highest BCUT2D eigenvalue weighted by atomic mass is 16.6. The van der Waals surface area contributed by atoms with Crippen molar-refractivity contribution in [3.63, 3.8) is 0 Å². The van der Waals surface area contributed by atoms with E-state index in [4.69, 9.17) is 9.47 Å².